The fourth-order valence-corrected chi connectivity index (χ4v) is 0.711. The Hall–Kier alpha value is -0.900. The fourth-order valence-electron chi connectivity index (χ4n) is 0.711. The van der Waals surface area contributed by atoms with E-state index in [0.29, 0.717) is 0 Å². The standard InChI is InChI=1S/C7H14N2O2/c1-4(6(3)10)5(2)7(11)9-8/h4-5H,8H2,1-3H3,(H,9,11)/t4-,5+/m0/s1. The summed E-state index contributed by atoms with van der Waals surface area (Å²) < 4.78 is 0. The molecular formula is C7H14N2O2. The second-order valence-electron chi connectivity index (χ2n) is 2.70. The summed E-state index contributed by atoms with van der Waals surface area (Å²) in [7, 11) is 0. The van der Waals surface area contributed by atoms with Crippen molar-refractivity contribution in [3.63, 3.8) is 0 Å². The predicted molar refractivity (Wildman–Crippen MR) is 41.3 cm³/mol. The Morgan fingerprint density at radius 3 is 2.00 bits per heavy atom. The third-order valence-electron chi connectivity index (χ3n) is 1.95. The zero-order chi connectivity index (χ0) is 9.02. The molecule has 0 aliphatic heterocycles. The quantitative estimate of drug-likeness (QED) is 0.340. The first-order valence-electron chi connectivity index (χ1n) is 3.51. The average molecular weight is 158 g/mol. The Kier molecular flexibility index (Phi) is 3.74. The minimum Gasteiger partial charge on any atom is -0.300 e. The molecule has 0 aromatic carbocycles. The Labute approximate surface area is 66.1 Å². The molecule has 0 bridgehead atoms. The van der Waals surface area contributed by atoms with Gasteiger partial charge in [0.25, 0.3) is 0 Å². The van der Waals surface area contributed by atoms with Gasteiger partial charge in [-0.05, 0) is 6.92 Å². The maximum atomic E-state index is 10.9. The minimum absolute atomic E-state index is 0.00102. The van der Waals surface area contributed by atoms with Gasteiger partial charge in [0.15, 0.2) is 0 Å². The van der Waals surface area contributed by atoms with Gasteiger partial charge >= 0.3 is 0 Å². The summed E-state index contributed by atoms with van der Waals surface area (Å²) in [5, 5.41) is 0. The second-order valence-corrected chi connectivity index (χ2v) is 2.70. The van der Waals surface area contributed by atoms with Gasteiger partial charge < -0.3 is 0 Å². The van der Waals surface area contributed by atoms with E-state index in [1.807, 2.05) is 5.43 Å². The molecule has 4 heteroatoms. The van der Waals surface area contributed by atoms with Crippen LogP contribution in [0.5, 0.6) is 0 Å². The van der Waals surface area contributed by atoms with Crippen molar-refractivity contribution in [2.75, 3.05) is 0 Å². The zero-order valence-corrected chi connectivity index (χ0v) is 7.05. The van der Waals surface area contributed by atoms with Crippen molar-refractivity contribution in [2.24, 2.45) is 17.7 Å². The summed E-state index contributed by atoms with van der Waals surface area (Å²) in [6.07, 6.45) is 0. The van der Waals surface area contributed by atoms with Crippen LogP contribution in [0.2, 0.25) is 0 Å². The highest BCUT2D eigenvalue weighted by Crippen LogP contribution is 2.10. The molecule has 64 valence electrons. The number of hydrazine groups is 1. The van der Waals surface area contributed by atoms with E-state index < -0.39 is 0 Å². The molecule has 3 N–H and O–H groups in total. The minimum atomic E-state index is -0.350. The van der Waals surface area contributed by atoms with E-state index in [0.717, 1.165) is 0 Å². The van der Waals surface area contributed by atoms with Crippen LogP contribution in [-0.4, -0.2) is 11.7 Å². The zero-order valence-electron chi connectivity index (χ0n) is 7.05. The number of hydrogen-bond donors (Lipinski definition) is 2. The van der Waals surface area contributed by atoms with Gasteiger partial charge in [-0.25, -0.2) is 5.84 Å². The third-order valence-corrected chi connectivity index (χ3v) is 1.95. The van der Waals surface area contributed by atoms with Crippen LogP contribution in [0.25, 0.3) is 0 Å². The lowest BCUT2D eigenvalue weighted by Crippen LogP contribution is -2.38. The lowest BCUT2D eigenvalue weighted by Gasteiger charge is -2.14. The molecule has 0 saturated heterocycles. The van der Waals surface area contributed by atoms with E-state index >= 15 is 0 Å². The molecule has 0 aliphatic rings. The van der Waals surface area contributed by atoms with Crippen LogP contribution < -0.4 is 11.3 Å². The fraction of sp³-hybridized carbons (Fsp3) is 0.714. The molecule has 4 nitrogen and oxygen atoms in total. The highest BCUT2D eigenvalue weighted by molar-refractivity contribution is 5.86. The van der Waals surface area contributed by atoms with Crippen molar-refractivity contribution < 1.29 is 9.59 Å². The number of carbonyl (C=O) groups excluding carboxylic acids is 2. The molecule has 0 aromatic heterocycles. The van der Waals surface area contributed by atoms with Crippen LogP contribution in [-0.2, 0) is 9.59 Å². The van der Waals surface area contributed by atoms with Crippen LogP contribution in [0, 0.1) is 11.8 Å². The Bertz CT molecular complexity index is 168. The van der Waals surface area contributed by atoms with E-state index in [9.17, 15) is 9.59 Å². The maximum Gasteiger partial charge on any atom is 0.237 e. The molecule has 0 aliphatic carbocycles. The molecule has 0 aromatic rings. The second kappa shape index (κ2) is 4.08. The van der Waals surface area contributed by atoms with E-state index in [1.54, 1.807) is 13.8 Å². The molecule has 0 radical (unpaired) electrons. The smallest absolute Gasteiger partial charge is 0.237 e. The number of nitrogens with two attached hydrogens (primary N) is 1. The molecule has 0 saturated carbocycles. The average Bonchev–Trinajstić information content (AvgIpc) is 2.00. The van der Waals surface area contributed by atoms with Crippen LogP contribution in [0.4, 0.5) is 0 Å². The molecule has 0 spiro atoms. The number of nitrogens with one attached hydrogen (secondary N) is 1. The third kappa shape index (κ3) is 2.67. The van der Waals surface area contributed by atoms with Gasteiger partial charge in [0, 0.05) is 11.8 Å². The summed E-state index contributed by atoms with van der Waals surface area (Å²) in [5.74, 6) is 3.99. The van der Waals surface area contributed by atoms with Crippen LogP contribution in [0.1, 0.15) is 20.8 Å². The van der Waals surface area contributed by atoms with Crippen molar-refractivity contribution in [3.05, 3.63) is 0 Å². The van der Waals surface area contributed by atoms with E-state index in [-0.39, 0.29) is 23.5 Å². The summed E-state index contributed by atoms with van der Waals surface area (Å²) in [5.41, 5.74) is 2.01. The predicted octanol–water partition coefficient (Wildman–Crippen LogP) is -0.162. The lowest BCUT2D eigenvalue weighted by molar-refractivity contribution is -0.131. The number of carbonyl (C=O) groups is 2. The molecule has 0 unspecified atom stereocenters. The van der Waals surface area contributed by atoms with Crippen LogP contribution >= 0.6 is 0 Å². The van der Waals surface area contributed by atoms with E-state index in [1.165, 1.54) is 6.92 Å². The van der Waals surface area contributed by atoms with Gasteiger partial charge in [0.05, 0.1) is 0 Å². The topological polar surface area (TPSA) is 72.2 Å². The SMILES string of the molecule is CC(=O)[C@@H](C)[C@@H](C)C(=O)NN. The first-order chi connectivity index (χ1) is 5.00. The van der Waals surface area contributed by atoms with Crippen molar-refractivity contribution in [3.8, 4) is 0 Å². The van der Waals surface area contributed by atoms with Crippen LogP contribution in [0.3, 0.4) is 0 Å². The van der Waals surface area contributed by atoms with E-state index in [2.05, 4.69) is 0 Å². The van der Waals surface area contributed by atoms with Crippen molar-refractivity contribution in [1.82, 2.24) is 5.43 Å². The number of amides is 1. The monoisotopic (exact) mass is 158 g/mol. The molecule has 0 heterocycles. The highest BCUT2D eigenvalue weighted by atomic mass is 16.2. The van der Waals surface area contributed by atoms with Crippen LogP contribution in [0.15, 0.2) is 0 Å². The molecule has 11 heavy (non-hydrogen) atoms. The number of rotatable bonds is 3. The number of Topliss-reactive ketones (excluding diaryl/α,β-unsaturated/α-hetero) is 1. The molecular weight excluding hydrogens is 144 g/mol. The summed E-state index contributed by atoms with van der Waals surface area (Å²) in [6, 6.07) is 0. The van der Waals surface area contributed by atoms with Gasteiger partial charge in [0.1, 0.15) is 5.78 Å². The van der Waals surface area contributed by atoms with Crippen molar-refractivity contribution in [2.45, 2.75) is 20.8 Å². The van der Waals surface area contributed by atoms with Gasteiger partial charge in [-0.15, -0.1) is 0 Å². The summed E-state index contributed by atoms with van der Waals surface area (Å²) in [6.45, 7) is 4.85. The first-order valence-corrected chi connectivity index (χ1v) is 3.51. The normalized spacial score (nSPS) is 15.3. The lowest BCUT2D eigenvalue weighted by atomic mass is 9.92. The molecule has 2 atom stereocenters. The molecule has 0 rings (SSSR count). The van der Waals surface area contributed by atoms with Gasteiger partial charge in [0.2, 0.25) is 5.91 Å². The van der Waals surface area contributed by atoms with Crippen molar-refractivity contribution in [1.29, 1.82) is 0 Å². The first kappa shape index (κ1) is 10.1. The van der Waals surface area contributed by atoms with Gasteiger partial charge in [-0.1, -0.05) is 13.8 Å². The van der Waals surface area contributed by atoms with Crippen molar-refractivity contribution >= 4 is 11.7 Å². The maximum absolute atomic E-state index is 10.9. The number of ketones is 1. The summed E-state index contributed by atoms with van der Waals surface area (Å²) in [4.78, 5) is 21.7. The molecule has 1 amide bonds. The van der Waals surface area contributed by atoms with Gasteiger partial charge in [-0.3, -0.25) is 15.0 Å². The largest absolute Gasteiger partial charge is 0.300 e. The number of hydrogen-bond acceptors (Lipinski definition) is 3. The van der Waals surface area contributed by atoms with Gasteiger partial charge in [-0.2, -0.15) is 0 Å². The molecule has 0 fully saturated rings. The Balaban J connectivity index is 4.12. The highest BCUT2D eigenvalue weighted by Gasteiger charge is 2.22. The Morgan fingerprint density at radius 1 is 1.27 bits per heavy atom. The Morgan fingerprint density at radius 2 is 1.73 bits per heavy atom. The van der Waals surface area contributed by atoms with E-state index in [4.69, 9.17) is 5.84 Å². The summed E-state index contributed by atoms with van der Waals surface area (Å²) >= 11 is 0.